The zero-order valence-electron chi connectivity index (χ0n) is 15.7. The van der Waals surface area contributed by atoms with Gasteiger partial charge in [-0.25, -0.2) is 13.4 Å². The van der Waals surface area contributed by atoms with Crippen LogP contribution >= 0.6 is 22.9 Å². The lowest BCUT2D eigenvalue weighted by Gasteiger charge is -2.13. The van der Waals surface area contributed by atoms with Crippen molar-refractivity contribution in [3.8, 4) is 11.1 Å². The Morgan fingerprint density at radius 1 is 0.964 bits per heavy atom. The standard InChI is InChI=1S/C22H18ClNO2S2/c1-13-11-14(2)20(15(3)12-13)28(25,26)22-19(16-6-8-17(23)9-7-16)18-5-4-10-24-21(18)27-22/h4-12H,1-3H3. The molecule has 28 heavy (non-hydrogen) atoms. The minimum Gasteiger partial charge on any atom is -0.245 e. The lowest BCUT2D eigenvalue weighted by molar-refractivity contribution is 0.597. The normalized spacial score (nSPS) is 11.9. The molecule has 4 rings (SSSR count). The molecule has 2 heterocycles. The van der Waals surface area contributed by atoms with Gasteiger partial charge in [-0.1, -0.05) is 41.4 Å². The van der Waals surface area contributed by atoms with Gasteiger partial charge in [0.2, 0.25) is 9.84 Å². The lowest BCUT2D eigenvalue weighted by atomic mass is 10.1. The molecule has 0 unspecified atom stereocenters. The van der Waals surface area contributed by atoms with Crippen LogP contribution in [-0.4, -0.2) is 13.4 Å². The summed E-state index contributed by atoms with van der Waals surface area (Å²) in [5.41, 5.74) is 4.05. The van der Waals surface area contributed by atoms with Gasteiger partial charge in [-0.15, -0.1) is 11.3 Å². The molecule has 0 amide bonds. The number of nitrogens with zero attached hydrogens (tertiary/aromatic N) is 1. The van der Waals surface area contributed by atoms with Crippen molar-refractivity contribution in [3.63, 3.8) is 0 Å². The monoisotopic (exact) mass is 427 g/mol. The van der Waals surface area contributed by atoms with E-state index in [4.69, 9.17) is 11.6 Å². The smallest absolute Gasteiger partial charge is 0.217 e. The summed E-state index contributed by atoms with van der Waals surface area (Å²) in [5.74, 6) is 0. The Hall–Kier alpha value is -2.21. The van der Waals surface area contributed by atoms with E-state index in [2.05, 4.69) is 4.98 Å². The highest BCUT2D eigenvalue weighted by Gasteiger charge is 2.29. The van der Waals surface area contributed by atoms with E-state index in [-0.39, 0.29) is 0 Å². The third-order valence-corrected chi connectivity index (χ3v) is 8.63. The molecule has 0 saturated carbocycles. The summed E-state index contributed by atoms with van der Waals surface area (Å²) in [6.45, 7) is 5.67. The minimum absolute atomic E-state index is 0.318. The number of aryl methyl sites for hydroxylation is 3. The van der Waals surface area contributed by atoms with Crippen molar-refractivity contribution in [2.75, 3.05) is 0 Å². The van der Waals surface area contributed by atoms with Gasteiger partial charge in [0.05, 0.1) is 4.90 Å². The predicted molar refractivity (Wildman–Crippen MR) is 116 cm³/mol. The van der Waals surface area contributed by atoms with Gasteiger partial charge in [0, 0.05) is 22.2 Å². The predicted octanol–water partition coefficient (Wildman–Crippen LogP) is 6.37. The van der Waals surface area contributed by atoms with Crippen LogP contribution < -0.4 is 0 Å². The second-order valence-corrected chi connectivity index (χ2v) is 10.4. The minimum atomic E-state index is -3.72. The van der Waals surface area contributed by atoms with Gasteiger partial charge >= 0.3 is 0 Å². The zero-order valence-corrected chi connectivity index (χ0v) is 18.0. The number of pyridine rings is 1. The fourth-order valence-corrected chi connectivity index (χ4v) is 7.27. The molecule has 142 valence electrons. The van der Waals surface area contributed by atoms with Gasteiger partial charge in [-0.3, -0.25) is 0 Å². The van der Waals surface area contributed by atoms with Gasteiger partial charge in [0.15, 0.2) is 0 Å². The number of benzene rings is 2. The average Bonchev–Trinajstić information content (AvgIpc) is 3.02. The van der Waals surface area contributed by atoms with Crippen LogP contribution in [0.3, 0.4) is 0 Å². The molecule has 0 N–H and O–H groups in total. The highest BCUT2D eigenvalue weighted by Crippen LogP contribution is 2.44. The first-order chi connectivity index (χ1) is 13.3. The van der Waals surface area contributed by atoms with Crippen molar-refractivity contribution in [3.05, 3.63) is 76.4 Å². The highest BCUT2D eigenvalue weighted by atomic mass is 35.5. The Morgan fingerprint density at radius 2 is 1.61 bits per heavy atom. The van der Waals surface area contributed by atoms with E-state index in [1.807, 2.05) is 57.2 Å². The van der Waals surface area contributed by atoms with Crippen LogP contribution in [0.25, 0.3) is 21.3 Å². The molecule has 0 aliphatic heterocycles. The van der Waals surface area contributed by atoms with E-state index in [9.17, 15) is 8.42 Å². The maximum absolute atomic E-state index is 13.8. The quantitative estimate of drug-likeness (QED) is 0.381. The van der Waals surface area contributed by atoms with E-state index in [1.165, 1.54) is 11.3 Å². The van der Waals surface area contributed by atoms with E-state index in [0.29, 0.717) is 24.5 Å². The number of fused-ring (bicyclic) bond motifs is 1. The summed E-state index contributed by atoms with van der Waals surface area (Å²) in [7, 11) is -3.72. The summed E-state index contributed by atoms with van der Waals surface area (Å²) in [4.78, 5) is 5.48. The zero-order chi connectivity index (χ0) is 20.1. The van der Waals surface area contributed by atoms with Crippen molar-refractivity contribution >= 4 is 43.0 Å². The molecule has 0 aliphatic carbocycles. The lowest BCUT2D eigenvalue weighted by Crippen LogP contribution is -2.06. The SMILES string of the molecule is Cc1cc(C)c(S(=O)(=O)c2sc3ncccc3c2-c2ccc(Cl)cc2)c(C)c1. The summed E-state index contributed by atoms with van der Waals surface area (Å²) >= 11 is 7.26. The summed E-state index contributed by atoms with van der Waals surface area (Å²) < 4.78 is 27.9. The van der Waals surface area contributed by atoms with E-state index >= 15 is 0 Å². The van der Waals surface area contributed by atoms with Crippen LogP contribution in [0.1, 0.15) is 16.7 Å². The van der Waals surface area contributed by atoms with Crippen LogP contribution in [0.15, 0.2) is 63.8 Å². The third kappa shape index (κ3) is 3.13. The van der Waals surface area contributed by atoms with Crippen molar-refractivity contribution in [2.45, 2.75) is 29.9 Å². The van der Waals surface area contributed by atoms with Gasteiger partial charge in [0.25, 0.3) is 0 Å². The number of thiophene rings is 1. The highest BCUT2D eigenvalue weighted by molar-refractivity contribution is 7.94. The van der Waals surface area contributed by atoms with Crippen LogP contribution in [0.5, 0.6) is 0 Å². The van der Waals surface area contributed by atoms with E-state index in [0.717, 1.165) is 27.6 Å². The molecule has 0 atom stereocenters. The van der Waals surface area contributed by atoms with Crippen molar-refractivity contribution in [1.29, 1.82) is 0 Å². The van der Waals surface area contributed by atoms with Gasteiger partial charge in [-0.2, -0.15) is 0 Å². The Kier molecular flexibility index (Phi) is 4.78. The van der Waals surface area contributed by atoms with Crippen molar-refractivity contribution in [1.82, 2.24) is 4.98 Å². The molecule has 2 aromatic carbocycles. The maximum Gasteiger partial charge on any atom is 0.217 e. The number of halogens is 1. The Labute approximate surface area is 173 Å². The third-order valence-electron chi connectivity index (χ3n) is 4.68. The molecule has 6 heteroatoms. The first-order valence-corrected chi connectivity index (χ1v) is 11.4. The second kappa shape index (κ2) is 6.99. The fraction of sp³-hybridized carbons (Fsp3) is 0.136. The average molecular weight is 428 g/mol. The summed E-state index contributed by atoms with van der Waals surface area (Å²) in [5, 5.41) is 1.44. The van der Waals surface area contributed by atoms with Gasteiger partial charge in [-0.05, 0) is 61.7 Å². The molecule has 4 aromatic rings. The summed E-state index contributed by atoms with van der Waals surface area (Å²) in [6.07, 6.45) is 1.68. The molecular formula is C22H18ClNO2S2. The molecule has 2 aromatic heterocycles. The number of sulfone groups is 1. The first-order valence-electron chi connectivity index (χ1n) is 8.75. The Morgan fingerprint density at radius 3 is 2.25 bits per heavy atom. The van der Waals surface area contributed by atoms with Crippen LogP contribution in [0.2, 0.25) is 5.02 Å². The largest absolute Gasteiger partial charge is 0.245 e. The Bertz CT molecular complexity index is 1280. The number of hydrogen-bond acceptors (Lipinski definition) is 4. The maximum atomic E-state index is 13.8. The molecule has 0 fully saturated rings. The number of aromatic nitrogens is 1. The van der Waals surface area contributed by atoms with Crippen molar-refractivity contribution < 1.29 is 8.42 Å². The van der Waals surface area contributed by atoms with Crippen LogP contribution in [0, 0.1) is 20.8 Å². The van der Waals surface area contributed by atoms with Gasteiger partial charge in [0.1, 0.15) is 9.04 Å². The van der Waals surface area contributed by atoms with Crippen molar-refractivity contribution in [2.24, 2.45) is 0 Å². The molecule has 0 saturated heterocycles. The summed E-state index contributed by atoms with van der Waals surface area (Å²) in [6, 6.07) is 14.8. The fourth-order valence-electron chi connectivity index (χ4n) is 3.67. The van der Waals surface area contributed by atoms with Crippen LogP contribution in [-0.2, 0) is 9.84 Å². The van der Waals surface area contributed by atoms with Gasteiger partial charge < -0.3 is 0 Å². The topological polar surface area (TPSA) is 47.0 Å². The molecule has 0 radical (unpaired) electrons. The van der Waals surface area contributed by atoms with E-state index < -0.39 is 9.84 Å². The molecule has 3 nitrogen and oxygen atoms in total. The molecule has 0 aliphatic rings. The molecule has 0 bridgehead atoms. The Balaban J connectivity index is 2.07. The molecular weight excluding hydrogens is 410 g/mol. The molecule has 0 spiro atoms. The number of rotatable bonds is 3. The first kappa shape index (κ1) is 19.1. The second-order valence-electron chi connectivity index (χ2n) is 6.86. The van der Waals surface area contributed by atoms with Crippen LogP contribution in [0.4, 0.5) is 0 Å². The van der Waals surface area contributed by atoms with E-state index in [1.54, 1.807) is 18.3 Å². The number of hydrogen-bond donors (Lipinski definition) is 0.